The molecule has 2 aromatic rings. The number of nitrogens with one attached hydrogen (secondary N) is 1. The van der Waals surface area contributed by atoms with Crippen molar-refractivity contribution in [1.82, 2.24) is 0 Å². The van der Waals surface area contributed by atoms with Crippen LogP contribution in [0.25, 0.3) is 0 Å². The quantitative estimate of drug-likeness (QED) is 0.715. The van der Waals surface area contributed by atoms with Gasteiger partial charge in [0.1, 0.15) is 5.75 Å². The zero-order valence-corrected chi connectivity index (χ0v) is 16.7. The average Bonchev–Trinajstić information content (AvgIpc) is 3.24. The van der Waals surface area contributed by atoms with Gasteiger partial charge in [0.2, 0.25) is 5.91 Å². The van der Waals surface area contributed by atoms with E-state index in [1.54, 1.807) is 37.4 Å². The molecule has 0 aliphatic heterocycles. The highest BCUT2D eigenvalue weighted by molar-refractivity contribution is 7.92. The first-order valence-corrected chi connectivity index (χ1v) is 11.1. The summed E-state index contributed by atoms with van der Waals surface area (Å²) in [5, 5.41) is 2.46. The van der Waals surface area contributed by atoms with E-state index in [1.165, 1.54) is 0 Å². The molecule has 7 heteroatoms. The number of carbonyl (C=O) groups is 1. The Hall–Kier alpha value is -2.54. The van der Waals surface area contributed by atoms with Crippen LogP contribution < -0.4 is 14.8 Å². The Kier molecular flexibility index (Phi) is 6.57. The molecule has 0 heterocycles. The topological polar surface area (TPSA) is 81.7 Å². The Morgan fingerprint density at radius 1 is 1.04 bits per heavy atom. The number of anilines is 1. The molecule has 0 radical (unpaired) electrons. The van der Waals surface area contributed by atoms with Crippen LogP contribution in [0.15, 0.2) is 48.5 Å². The van der Waals surface area contributed by atoms with Gasteiger partial charge >= 0.3 is 0 Å². The molecule has 0 spiro atoms. The highest BCUT2D eigenvalue weighted by Crippen LogP contribution is 2.31. The first-order chi connectivity index (χ1) is 13.5. The first-order valence-electron chi connectivity index (χ1n) is 9.40. The Morgan fingerprint density at radius 3 is 2.32 bits per heavy atom. The highest BCUT2D eigenvalue weighted by atomic mass is 32.2. The van der Waals surface area contributed by atoms with E-state index in [4.69, 9.17) is 9.47 Å². The van der Waals surface area contributed by atoms with Gasteiger partial charge in [-0.05, 0) is 49.2 Å². The molecule has 0 aromatic heterocycles. The smallest absolute Gasteiger partial charge is 0.225 e. The van der Waals surface area contributed by atoms with Gasteiger partial charge in [-0.2, -0.15) is 0 Å². The van der Waals surface area contributed by atoms with Gasteiger partial charge in [-0.15, -0.1) is 0 Å². The molecule has 150 valence electrons. The third-order valence-corrected chi connectivity index (χ3v) is 7.12. The summed E-state index contributed by atoms with van der Waals surface area (Å²) in [6, 6.07) is 14.2. The lowest BCUT2D eigenvalue weighted by molar-refractivity contribution is -0.115. The molecule has 1 saturated carbocycles. The number of rotatable bonds is 8. The second-order valence-corrected chi connectivity index (χ2v) is 9.25. The van der Waals surface area contributed by atoms with Gasteiger partial charge in [-0.3, -0.25) is 4.79 Å². The number of methoxy groups -OCH3 is 1. The molecule has 6 nitrogen and oxygen atoms in total. The summed E-state index contributed by atoms with van der Waals surface area (Å²) >= 11 is 0. The lowest BCUT2D eigenvalue weighted by Crippen LogP contribution is -2.24. The normalized spacial score (nSPS) is 14.6. The van der Waals surface area contributed by atoms with Crippen LogP contribution in [0.5, 0.6) is 17.2 Å². The minimum absolute atomic E-state index is 0.0295. The van der Waals surface area contributed by atoms with Gasteiger partial charge in [0.05, 0.1) is 18.1 Å². The minimum atomic E-state index is -3.19. The minimum Gasteiger partial charge on any atom is -0.493 e. The highest BCUT2D eigenvalue weighted by Gasteiger charge is 2.28. The largest absolute Gasteiger partial charge is 0.493 e. The lowest BCUT2D eigenvalue weighted by atomic mass is 10.3. The van der Waals surface area contributed by atoms with Crippen LogP contribution in [0.4, 0.5) is 5.69 Å². The summed E-state index contributed by atoms with van der Waals surface area (Å²) in [6.07, 6.45) is 3.33. The molecule has 1 N–H and O–H groups in total. The van der Waals surface area contributed by atoms with E-state index in [1.807, 2.05) is 18.2 Å². The van der Waals surface area contributed by atoms with Crippen molar-refractivity contribution in [3.8, 4) is 17.2 Å². The molecule has 0 atom stereocenters. The number of amides is 1. The summed E-state index contributed by atoms with van der Waals surface area (Å²) in [7, 11) is -1.61. The van der Waals surface area contributed by atoms with E-state index in [2.05, 4.69) is 5.32 Å². The van der Waals surface area contributed by atoms with Crippen LogP contribution in [0.3, 0.4) is 0 Å². The Morgan fingerprint density at radius 2 is 1.68 bits per heavy atom. The van der Waals surface area contributed by atoms with Crippen LogP contribution in [0, 0.1) is 0 Å². The zero-order valence-electron chi connectivity index (χ0n) is 15.9. The Labute approximate surface area is 165 Å². The molecular formula is C21H25NO5S. The summed E-state index contributed by atoms with van der Waals surface area (Å²) in [4.78, 5) is 12.1. The molecule has 1 amide bonds. The van der Waals surface area contributed by atoms with Gasteiger partial charge in [-0.1, -0.05) is 25.0 Å². The molecular weight excluding hydrogens is 378 g/mol. The molecule has 0 saturated heterocycles. The molecule has 2 aromatic carbocycles. The van der Waals surface area contributed by atoms with Crippen molar-refractivity contribution in [2.45, 2.75) is 37.4 Å². The maximum Gasteiger partial charge on any atom is 0.225 e. The summed E-state index contributed by atoms with van der Waals surface area (Å²) < 4.78 is 35.6. The van der Waals surface area contributed by atoms with Crippen molar-refractivity contribution in [1.29, 1.82) is 0 Å². The van der Waals surface area contributed by atoms with Crippen molar-refractivity contribution in [2.75, 3.05) is 18.2 Å². The molecule has 1 fully saturated rings. The van der Waals surface area contributed by atoms with Gasteiger partial charge < -0.3 is 14.8 Å². The van der Waals surface area contributed by atoms with E-state index < -0.39 is 9.84 Å². The zero-order chi connectivity index (χ0) is 20.0. The average molecular weight is 404 g/mol. The van der Waals surface area contributed by atoms with Crippen molar-refractivity contribution in [2.24, 2.45) is 0 Å². The van der Waals surface area contributed by atoms with Crippen LogP contribution in [0.2, 0.25) is 0 Å². The van der Waals surface area contributed by atoms with E-state index in [0.717, 1.165) is 25.7 Å². The van der Waals surface area contributed by atoms with Crippen LogP contribution in [-0.2, 0) is 14.6 Å². The van der Waals surface area contributed by atoms with Crippen molar-refractivity contribution >= 4 is 21.4 Å². The van der Waals surface area contributed by atoms with Crippen molar-refractivity contribution in [3.63, 3.8) is 0 Å². The van der Waals surface area contributed by atoms with Gasteiger partial charge in [0.25, 0.3) is 0 Å². The second kappa shape index (κ2) is 9.10. The number of carbonyl (C=O) groups excluding carboxylic acids is 1. The fraction of sp³-hybridized carbons (Fsp3) is 0.381. The standard InChI is InChI=1S/C21H25NO5S/c1-26-19-8-4-5-9-20(19)27-17-12-10-16(11-13-17)22-21(23)14-15-28(24,25)18-6-2-3-7-18/h4-5,8-13,18H,2-3,6-7,14-15H2,1H3,(H,22,23). The predicted molar refractivity (Wildman–Crippen MR) is 109 cm³/mol. The fourth-order valence-electron chi connectivity index (χ4n) is 3.31. The SMILES string of the molecule is COc1ccccc1Oc1ccc(NC(=O)CCS(=O)(=O)C2CCCC2)cc1. The number of benzene rings is 2. The Balaban J connectivity index is 1.53. The lowest BCUT2D eigenvalue weighted by Gasteiger charge is -2.12. The van der Waals surface area contributed by atoms with Gasteiger partial charge in [-0.25, -0.2) is 8.42 Å². The molecule has 0 bridgehead atoms. The maximum atomic E-state index is 12.3. The summed E-state index contributed by atoms with van der Waals surface area (Å²) in [5.41, 5.74) is 0.593. The van der Waals surface area contributed by atoms with E-state index in [-0.39, 0.29) is 23.3 Å². The molecule has 28 heavy (non-hydrogen) atoms. The number of ether oxygens (including phenoxy) is 2. The van der Waals surface area contributed by atoms with Gasteiger partial charge in [0.15, 0.2) is 21.3 Å². The third kappa shape index (κ3) is 5.25. The monoisotopic (exact) mass is 403 g/mol. The van der Waals surface area contributed by atoms with Crippen LogP contribution in [0.1, 0.15) is 32.1 Å². The van der Waals surface area contributed by atoms with Crippen LogP contribution >= 0.6 is 0 Å². The number of hydrogen-bond acceptors (Lipinski definition) is 5. The van der Waals surface area contributed by atoms with E-state index in [0.29, 0.717) is 22.9 Å². The summed E-state index contributed by atoms with van der Waals surface area (Å²) in [6.45, 7) is 0. The van der Waals surface area contributed by atoms with E-state index >= 15 is 0 Å². The number of hydrogen-bond donors (Lipinski definition) is 1. The third-order valence-electron chi connectivity index (χ3n) is 4.86. The second-order valence-electron chi connectivity index (χ2n) is 6.85. The number of sulfone groups is 1. The predicted octanol–water partition coefficient (Wildman–Crippen LogP) is 4.17. The maximum absolute atomic E-state index is 12.3. The van der Waals surface area contributed by atoms with Crippen molar-refractivity contribution < 1.29 is 22.7 Å². The fourth-order valence-corrected chi connectivity index (χ4v) is 5.16. The van der Waals surface area contributed by atoms with Gasteiger partial charge in [0, 0.05) is 12.1 Å². The molecule has 0 unspecified atom stereocenters. The number of para-hydroxylation sites is 2. The van der Waals surface area contributed by atoms with Crippen LogP contribution in [-0.4, -0.2) is 32.4 Å². The first kappa shape index (κ1) is 20.2. The summed E-state index contributed by atoms with van der Waals surface area (Å²) in [5.74, 6) is 1.42. The molecule has 1 aliphatic carbocycles. The molecule has 3 rings (SSSR count). The molecule has 1 aliphatic rings. The van der Waals surface area contributed by atoms with Crippen molar-refractivity contribution in [3.05, 3.63) is 48.5 Å². The Bertz CT molecular complexity index is 903. The van der Waals surface area contributed by atoms with E-state index in [9.17, 15) is 13.2 Å².